The maximum Gasteiger partial charge on any atom is 0.374 e. The number of Topliss-reactive ketones (excluding diaryl/α,β-unsaturated/α-hetero) is 1. The molecule has 2 aromatic carbocycles. The first-order valence-electron chi connectivity index (χ1n) is 8.03. The lowest BCUT2D eigenvalue weighted by molar-refractivity contribution is -0.152. The number of esters is 1. The van der Waals surface area contributed by atoms with Crippen LogP contribution in [-0.2, 0) is 20.7 Å². The van der Waals surface area contributed by atoms with Crippen LogP contribution in [0.1, 0.15) is 17.0 Å². The number of fused-ring (bicyclic) bond motifs is 1. The Balaban J connectivity index is 2.10. The number of benzene rings is 2. The molecule has 1 aromatic heterocycles. The summed E-state index contributed by atoms with van der Waals surface area (Å²) in [6.07, 6.45) is -0.228. The number of hydrogen-bond donors (Lipinski definition) is 1. The Bertz CT molecular complexity index is 1070. The van der Waals surface area contributed by atoms with Crippen molar-refractivity contribution in [1.29, 1.82) is 0 Å². The molecule has 0 radical (unpaired) electrons. The highest BCUT2D eigenvalue weighted by atomic mass is 35.5. The maximum atomic E-state index is 12.5. The molecule has 0 saturated heterocycles. The second-order valence-corrected chi connectivity index (χ2v) is 6.31. The van der Waals surface area contributed by atoms with Gasteiger partial charge in [0.25, 0.3) is 0 Å². The van der Waals surface area contributed by atoms with Gasteiger partial charge in [-0.05, 0) is 36.2 Å². The zero-order valence-corrected chi connectivity index (χ0v) is 15.0. The molecule has 0 fully saturated rings. The van der Waals surface area contributed by atoms with Gasteiger partial charge < -0.3 is 14.3 Å². The third-order valence-corrected chi connectivity index (χ3v) is 4.51. The minimum atomic E-state index is -1.04. The summed E-state index contributed by atoms with van der Waals surface area (Å²) in [5.74, 6) is -3.20. The first kappa shape index (κ1) is 18.7. The van der Waals surface area contributed by atoms with Crippen molar-refractivity contribution in [3.63, 3.8) is 0 Å². The molecule has 0 amide bonds. The summed E-state index contributed by atoms with van der Waals surface area (Å²) in [6, 6.07) is 12.8. The van der Waals surface area contributed by atoms with E-state index in [2.05, 4.69) is 4.74 Å². The molecular weight excluding hydrogens is 372 g/mol. The fourth-order valence-corrected chi connectivity index (χ4v) is 2.98. The smallest absolute Gasteiger partial charge is 0.374 e. The van der Waals surface area contributed by atoms with Crippen LogP contribution in [0, 0.1) is 0 Å². The molecule has 6 nitrogen and oxygen atoms in total. The highest BCUT2D eigenvalue weighted by molar-refractivity contribution is 6.36. The van der Waals surface area contributed by atoms with E-state index in [1.807, 2.05) is 0 Å². The summed E-state index contributed by atoms with van der Waals surface area (Å²) >= 11 is 5.88. The number of carbonyl (C=O) groups is 2. The second-order valence-electron chi connectivity index (χ2n) is 5.88. The van der Waals surface area contributed by atoms with Gasteiger partial charge in [0.15, 0.2) is 0 Å². The SMILES string of the molecule is COC(=O)C(=O)[C@@H](Cc1c(O)c2ccccc2oc1=O)c1ccc(Cl)cc1. The molecule has 0 aliphatic carbocycles. The third-order valence-electron chi connectivity index (χ3n) is 4.26. The fourth-order valence-electron chi connectivity index (χ4n) is 2.86. The Labute approximate surface area is 158 Å². The first-order valence-corrected chi connectivity index (χ1v) is 8.41. The number of hydrogen-bond acceptors (Lipinski definition) is 6. The molecule has 0 aliphatic rings. The Morgan fingerprint density at radius 3 is 2.48 bits per heavy atom. The average Bonchev–Trinajstić information content (AvgIpc) is 2.68. The molecule has 27 heavy (non-hydrogen) atoms. The van der Waals surface area contributed by atoms with Crippen molar-refractivity contribution < 1.29 is 23.8 Å². The molecular formula is C20H15ClO6. The maximum absolute atomic E-state index is 12.5. The Morgan fingerprint density at radius 1 is 1.15 bits per heavy atom. The summed E-state index contributed by atoms with van der Waals surface area (Å²) in [5.41, 5.74) is -0.179. The van der Waals surface area contributed by atoms with Gasteiger partial charge in [0.1, 0.15) is 11.3 Å². The molecule has 0 unspecified atom stereocenters. The molecule has 1 heterocycles. The Morgan fingerprint density at radius 2 is 1.81 bits per heavy atom. The zero-order valence-electron chi connectivity index (χ0n) is 14.3. The van der Waals surface area contributed by atoms with Gasteiger partial charge in [0, 0.05) is 5.02 Å². The van der Waals surface area contributed by atoms with Crippen LogP contribution in [0.2, 0.25) is 5.02 Å². The van der Waals surface area contributed by atoms with E-state index in [1.165, 1.54) is 0 Å². The van der Waals surface area contributed by atoms with Crippen LogP contribution >= 0.6 is 11.6 Å². The number of carbonyl (C=O) groups excluding carboxylic acids is 2. The summed E-state index contributed by atoms with van der Waals surface area (Å²) in [5, 5.41) is 11.3. The molecule has 7 heteroatoms. The number of ether oxygens (including phenoxy) is 1. The van der Waals surface area contributed by atoms with Crippen LogP contribution in [0.5, 0.6) is 5.75 Å². The topological polar surface area (TPSA) is 93.8 Å². The lowest BCUT2D eigenvalue weighted by Gasteiger charge is -2.16. The molecule has 0 saturated carbocycles. The van der Waals surface area contributed by atoms with E-state index in [9.17, 15) is 19.5 Å². The van der Waals surface area contributed by atoms with Gasteiger partial charge in [-0.2, -0.15) is 0 Å². The van der Waals surface area contributed by atoms with Crippen molar-refractivity contribution in [3.8, 4) is 5.75 Å². The van der Waals surface area contributed by atoms with Crippen LogP contribution in [0.3, 0.4) is 0 Å². The highest BCUT2D eigenvalue weighted by Gasteiger charge is 2.30. The molecule has 0 spiro atoms. The van der Waals surface area contributed by atoms with Crippen LogP contribution in [0.15, 0.2) is 57.7 Å². The number of ketones is 1. The lowest BCUT2D eigenvalue weighted by Crippen LogP contribution is -2.26. The molecule has 1 N–H and O–H groups in total. The van der Waals surface area contributed by atoms with Gasteiger partial charge in [0.2, 0.25) is 5.78 Å². The van der Waals surface area contributed by atoms with Crippen molar-refractivity contribution in [1.82, 2.24) is 0 Å². The minimum Gasteiger partial charge on any atom is -0.507 e. The predicted octanol–water partition coefficient (Wildman–Crippen LogP) is 3.22. The monoisotopic (exact) mass is 386 g/mol. The van der Waals surface area contributed by atoms with E-state index in [4.69, 9.17) is 16.0 Å². The van der Waals surface area contributed by atoms with E-state index in [1.54, 1.807) is 48.5 Å². The van der Waals surface area contributed by atoms with E-state index in [-0.39, 0.29) is 23.3 Å². The molecule has 1 atom stereocenters. The van der Waals surface area contributed by atoms with Crippen LogP contribution < -0.4 is 5.63 Å². The van der Waals surface area contributed by atoms with Crippen molar-refractivity contribution >= 4 is 34.3 Å². The van der Waals surface area contributed by atoms with Gasteiger partial charge in [-0.3, -0.25) is 4.79 Å². The highest BCUT2D eigenvalue weighted by Crippen LogP contribution is 2.31. The minimum absolute atomic E-state index is 0.0918. The lowest BCUT2D eigenvalue weighted by atomic mass is 9.88. The predicted molar refractivity (Wildman–Crippen MR) is 99.1 cm³/mol. The van der Waals surface area contributed by atoms with Crippen molar-refractivity contribution in [2.24, 2.45) is 0 Å². The van der Waals surface area contributed by atoms with Crippen LogP contribution in [-0.4, -0.2) is 24.0 Å². The summed E-state index contributed by atoms with van der Waals surface area (Å²) in [7, 11) is 1.10. The zero-order chi connectivity index (χ0) is 19.6. The van der Waals surface area contributed by atoms with E-state index in [0.29, 0.717) is 16.0 Å². The Hall–Kier alpha value is -3.12. The van der Waals surface area contributed by atoms with Gasteiger partial charge in [0.05, 0.1) is 24.0 Å². The van der Waals surface area contributed by atoms with Crippen LogP contribution in [0.4, 0.5) is 0 Å². The van der Waals surface area contributed by atoms with Crippen molar-refractivity contribution in [2.45, 2.75) is 12.3 Å². The second kappa shape index (κ2) is 7.63. The molecule has 3 aromatic rings. The molecule has 3 rings (SSSR count). The molecule has 0 aliphatic heterocycles. The first-order chi connectivity index (χ1) is 12.9. The Kier molecular flexibility index (Phi) is 5.28. The summed E-state index contributed by atoms with van der Waals surface area (Å²) in [6.45, 7) is 0. The van der Waals surface area contributed by atoms with Gasteiger partial charge in [-0.25, -0.2) is 9.59 Å². The van der Waals surface area contributed by atoms with Gasteiger partial charge in [-0.15, -0.1) is 0 Å². The van der Waals surface area contributed by atoms with Crippen LogP contribution in [0.25, 0.3) is 11.0 Å². The quantitative estimate of drug-likeness (QED) is 0.411. The van der Waals surface area contributed by atoms with Gasteiger partial charge in [-0.1, -0.05) is 35.9 Å². The average molecular weight is 387 g/mol. The number of aromatic hydroxyl groups is 1. The van der Waals surface area contributed by atoms with Gasteiger partial charge >= 0.3 is 11.6 Å². The van der Waals surface area contributed by atoms with Crippen molar-refractivity contribution in [3.05, 3.63) is 75.1 Å². The van der Waals surface area contributed by atoms with Crippen molar-refractivity contribution in [2.75, 3.05) is 7.11 Å². The largest absolute Gasteiger partial charge is 0.507 e. The molecule has 138 valence electrons. The van der Waals surface area contributed by atoms with E-state index in [0.717, 1.165) is 7.11 Å². The fraction of sp³-hybridized carbons (Fsp3) is 0.150. The van der Waals surface area contributed by atoms with E-state index < -0.39 is 23.3 Å². The molecule has 0 bridgehead atoms. The number of para-hydroxylation sites is 1. The standard InChI is InChI=1S/C20H15ClO6/c1-26-20(25)18(23)14(11-6-8-12(21)9-7-11)10-15-17(22)13-4-2-3-5-16(13)27-19(15)24/h2-9,14,22H,10H2,1H3/t14-/m0/s1. The third kappa shape index (κ3) is 3.71. The summed E-state index contributed by atoms with van der Waals surface area (Å²) < 4.78 is 9.76. The van der Waals surface area contributed by atoms with E-state index >= 15 is 0 Å². The summed E-state index contributed by atoms with van der Waals surface area (Å²) in [4.78, 5) is 36.7. The number of halogens is 1. The normalized spacial score (nSPS) is 11.9. The number of methoxy groups -OCH3 is 1. The number of rotatable bonds is 5.